The van der Waals surface area contributed by atoms with E-state index in [1.807, 2.05) is 13.8 Å². The van der Waals surface area contributed by atoms with E-state index in [1.54, 1.807) is 43.3 Å². The molecule has 0 unspecified atom stereocenters. The molecule has 0 radical (unpaired) electrons. The molecule has 270 valence electrons. The maximum absolute atomic E-state index is 13.1. The van der Waals surface area contributed by atoms with E-state index in [9.17, 15) is 32.3 Å². The number of rotatable bonds is 9. The van der Waals surface area contributed by atoms with Gasteiger partial charge in [0, 0.05) is 52.7 Å². The number of amides is 5. The lowest BCUT2D eigenvalue weighted by molar-refractivity contribution is -0.137. The molecule has 0 saturated carbocycles. The lowest BCUT2D eigenvalue weighted by Crippen LogP contribution is -2.33. The molecule has 0 spiro atoms. The molecular formula is C38H38F3N7O4. The van der Waals surface area contributed by atoms with Gasteiger partial charge in [-0.3, -0.25) is 14.4 Å². The molecule has 4 aromatic rings. The number of anilines is 4. The molecule has 14 heteroatoms. The fraction of sp³-hybridized carbons (Fsp3) is 0.263. The van der Waals surface area contributed by atoms with E-state index >= 15 is 0 Å². The number of carbonyl (C=O) groups excluding carboxylic acids is 4. The van der Waals surface area contributed by atoms with E-state index < -0.39 is 23.7 Å². The van der Waals surface area contributed by atoms with Gasteiger partial charge in [-0.1, -0.05) is 18.2 Å². The molecule has 0 aliphatic carbocycles. The summed E-state index contributed by atoms with van der Waals surface area (Å²) in [6, 6.07) is 13.2. The number of benzene rings is 3. The number of nitrogens with one attached hydrogen (secondary N) is 6. The quantitative estimate of drug-likeness (QED) is 0.102. The average molecular weight is 714 g/mol. The Morgan fingerprint density at radius 1 is 0.885 bits per heavy atom. The van der Waals surface area contributed by atoms with Crippen LogP contribution in [-0.2, 0) is 11.0 Å². The summed E-state index contributed by atoms with van der Waals surface area (Å²) in [7, 11) is 0. The van der Waals surface area contributed by atoms with Gasteiger partial charge in [0.15, 0.2) is 0 Å². The molecular weight excluding hydrogens is 675 g/mol. The van der Waals surface area contributed by atoms with Gasteiger partial charge in [0.1, 0.15) is 0 Å². The van der Waals surface area contributed by atoms with Crippen molar-refractivity contribution in [1.82, 2.24) is 15.2 Å². The number of urea groups is 1. The van der Waals surface area contributed by atoms with E-state index in [0.29, 0.717) is 57.3 Å². The molecule has 3 heterocycles. The van der Waals surface area contributed by atoms with Crippen LogP contribution >= 0.6 is 0 Å². The topological polar surface area (TPSA) is 147 Å². The van der Waals surface area contributed by atoms with E-state index in [4.69, 9.17) is 0 Å². The van der Waals surface area contributed by atoms with Crippen LogP contribution in [0.4, 0.5) is 40.7 Å². The number of hydrogen-bond acceptors (Lipinski definition) is 5. The van der Waals surface area contributed by atoms with Crippen molar-refractivity contribution in [3.8, 4) is 0 Å². The van der Waals surface area contributed by atoms with Crippen molar-refractivity contribution in [3.05, 3.63) is 105 Å². The summed E-state index contributed by atoms with van der Waals surface area (Å²) in [5, 5.41) is 13.9. The van der Waals surface area contributed by atoms with Gasteiger partial charge in [0.05, 0.1) is 22.4 Å². The van der Waals surface area contributed by atoms with Crippen LogP contribution in [0.3, 0.4) is 0 Å². The van der Waals surface area contributed by atoms with Crippen molar-refractivity contribution in [2.75, 3.05) is 47.4 Å². The van der Waals surface area contributed by atoms with Crippen LogP contribution in [0.5, 0.6) is 0 Å². The Kier molecular flexibility index (Phi) is 10.2. The number of fused-ring (bicyclic) bond motifs is 1. The Morgan fingerprint density at radius 3 is 2.37 bits per heavy atom. The third kappa shape index (κ3) is 8.02. The van der Waals surface area contributed by atoms with Crippen LogP contribution in [-0.4, -0.2) is 59.8 Å². The van der Waals surface area contributed by atoms with E-state index in [1.165, 1.54) is 25.0 Å². The Hall–Kier alpha value is -5.89. The molecule has 2 aliphatic rings. The zero-order chi connectivity index (χ0) is 37.2. The Balaban J connectivity index is 1.10. The molecule has 0 atom stereocenters. The Bertz CT molecular complexity index is 2100. The maximum atomic E-state index is 13.1. The zero-order valence-corrected chi connectivity index (χ0v) is 28.8. The summed E-state index contributed by atoms with van der Waals surface area (Å²) >= 11 is 0. The summed E-state index contributed by atoms with van der Waals surface area (Å²) in [6.07, 6.45) is -0.506. The van der Waals surface area contributed by atoms with Crippen LogP contribution in [0.15, 0.2) is 60.7 Å². The number of carbonyl (C=O) groups is 4. The maximum Gasteiger partial charge on any atom is 0.416 e. The van der Waals surface area contributed by atoms with E-state index in [-0.39, 0.29) is 23.1 Å². The molecule has 1 fully saturated rings. The monoisotopic (exact) mass is 713 g/mol. The van der Waals surface area contributed by atoms with Gasteiger partial charge in [-0.05, 0) is 106 Å². The number of aromatic nitrogens is 1. The van der Waals surface area contributed by atoms with Crippen LogP contribution < -0.4 is 26.6 Å². The largest absolute Gasteiger partial charge is 0.416 e. The summed E-state index contributed by atoms with van der Waals surface area (Å²) < 4.78 is 39.3. The second kappa shape index (κ2) is 14.8. The Morgan fingerprint density at radius 2 is 1.62 bits per heavy atom. The third-order valence-corrected chi connectivity index (χ3v) is 9.16. The number of hydrogen-bond donors (Lipinski definition) is 6. The minimum Gasteiger partial charge on any atom is -0.358 e. The minimum atomic E-state index is -4.59. The molecule has 1 saturated heterocycles. The van der Waals surface area contributed by atoms with E-state index in [2.05, 4.69) is 36.5 Å². The highest BCUT2D eigenvalue weighted by molar-refractivity contribution is 6.35. The van der Waals surface area contributed by atoms with Crippen molar-refractivity contribution in [2.24, 2.45) is 0 Å². The first kappa shape index (κ1) is 35.9. The zero-order valence-electron chi connectivity index (χ0n) is 28.8. The lowest BCUT2D eigenvalue weighted by atomic mass is 10.0. The predicted molar refractivity (Wildman–Crippen MR) is 194 cm³/mol. The van der Waals surface area contributed by atoms with Crippen LogP contribution in [0.25, 0.3) is 11.6 Å². The van der Waals surface area contributed by atoms with Crippen molar-refractivity contribution in [2.45, 2.75) is 39.8 Å². The second-order valence-corrected chi connectivity index (χ2v) is 12.9. The number of aryl methyl sites for hydroxylation is 2. The molecule has 1 aromatic heterocycles. The highest BCUT2D eigenvalue weighted by Gasteiger charge is 2.31. The Labute approximate surface area is 298 Å². The van der Waals surface area contributed by atoms with Gasteiger partial charge in [-0.2, -0.15) is 13.2 Å². The number of nitrogens with zero attached hydrogens (tertiary/aromatic N) is 1. The summed E-state index contributed by atoms with van der Waals surface area (Å²) in [5.74, 6) is -1.24. The SMILES string of the molecule is Cc1ccc(NC(=O)c2cccc(C(F)(F)F)c2)cc1NC(=O)Nc1ccc2c(c1)NC(=O)/C2=C\c1[nH]c(C)c(C(=O)NCCN2CCCC2)c1C. The highest BCUT2D eigenvalue weighted by Crippen LogP contribution is 2.36. The second-order valence-electron chi connectivity index (χ2n) is 12.9. The van der Waals surface area contributed by atoms with Crippen molar-refractivity contribution >= 4 is 58.2 Å². The van der Waals surface area contributed by atoms with Gasteiger partial charge in [-0.15, -0.1) is 0 Å². The number of halogens is 3. The van der Waals surface area contributed by atoms with Crippen LogP contribution in [0, 0.1) is 20.8 Å². The predicted octanol–water partition coefficient (Wildman–Crippen LogP) is 7.17. The highest BCUT2D eigenvalue weighted by atomic mass is 19.4. The van der Waals surface area contributed by atoms with Gasteiger partial charge in [0.2, 0.25) is 0 Å². The third-order valence-electron chi connectivity index (χ3n) is 9.16. The summed E-state index contributed by atoms with van der Waals surface area (Å²) in [6.45, 7) is 8.88. The molecule has 2 aliphatic heterocycles. The molecule has 6 rings (SSSR count). The van der Waals surface area contributed by atoms with Gasteiger partial charge >= 0.3 is 12.2 Å². The van der Waals surface area contributed by atoms with Crippen molar-refractivity contribution < 1.29 is 32.3 Å². The first-order valence-corrected chi connectivity index (χ1v) is 16.8. The average Bonchev–Trinajstić information content (AvgIpc) is 3.79. The van der Waals surface area contributed by atoms with Crippen LogP contribution in [0.2, 0.25) is 0 Å². The number of aromatic amines is 1. The standard InChI is InChI=1S/C38H38F3N7O4/c1-21-9-10-26(44-34(49)24-7-6-8-25(17-24)38(39,40)41)18-30(21)47-37(52)45-27-11-12-28-29(35(50)46-32(28)19-27)20-31-22(2)33(23(3)43-31)36(51)42-13-16-48-14-4-5-15-48/h6-12,17-20,43H,4-5,13-16H2,1-3H3,(H,42,51)(H,44,49)(H,46,50)(H2,45,47,52)/b29-20-. The molecule has 3 aromatic carbocycles. The molecule has 11 nitrogen and oxygen atoms in total. The van der Waals surface area contributed by atoms with Gasteiger partial charge in [-0.25, -0.2) is 4.79 Å². The summed E-state index contributed by atoms with van der Waals surface area (Å²) in [5.41, 5.74) is 4.72. The first-order valence-electron chi connectivity index (χ1n) is 16.8. The minimum absolute atomic E-state index is 0.165. The van der Waals surface area contributed by atoms with Crippen molar-refractivity contribution in [1.29, 1.82) is 0 Å². The molecule has 6 N–H and O–H groups in total. The number of likely N-dealkylation sites (tertiary alicyclic amines) is 1. The smallest absolute Gasteiger partial charge is 0.358 e. The van der Waals surface area contributed by atoms with Gasteiger partial charge < -0.3 is 36.5 Å². The molecule has 0 bridgehead atoms. The summed E-state index contributed by atoms with van der Waals surface area (Å²) in [4.78, 5) is 57.4. The van der Waals surface area contributed by atoms with Crippen LogP contribution in [0.1, 0.15) is 67.2 Å². The molecule has 5 amide bonds. The van der Waals surface area contributed by atoms with Crippen molar-refractivity contribution in [3.63, 3.8) is 0 Å². The number of H-pyrrole nitrogens is 1. The fourth-order valence-corrected chi connectivity index (χ4v) is 6.40. The normalized spacial score (nSPS) is 15.0. The first-order chi connectivity index (χ1) is 24.8. The van der Waals surface area contributed by atoms with Gasteiger partial charge in [0.25, 0.3) is 17.7 Å². The van der Waals surface area contributed by atoms with E-state index in [0.717, 1.165) is 43.4 Å². The number of alkyl halides is 3. The fourth-order valence-electron chi connectivity index (χ4n) is 6.40. The lowest BCUT2D eigenvalue weighted by Gasteiger charge is -2.14. The molecule has 52 heavy (non-hydrogen) atoms.